The normalized spacial score (nSPS) is 11.3. The van der Waals surface area contributed by atoms with Gasteiger partial charge in [0, 0.05) is 5.56 Å². The summed E-state index contributed by atoms with van der Waals surface area (Å²) in [4.78, 5) is 12.2. The molecule has 26 heavy (non-hydrogen) atoms. The number of methoxy groups -OCH3 is 1. The Morgan fingerprint density at radius 3 is 2.15 bits per heavy atom. The standard InChI is InChI=1S/C21H26N2O3/c1-15(2)13-14-26-20-11-7-18(8-12-20)21(24)23-22-16(3)17-5-9-19(25-4)10-6-17/h5-12,15H,13-14H2,1-4H3,(H,23,24). The van der Waals surface area contributed by atoms with Crippen LogP contribution >= 0.6 is 0 Å². The minimum Gasteiger partial charge on any atom is -0.497 e. The molecule has 0 heterocycles. The van der Waals surface area contributed by atoms with Crippen LogP contribution in [-0.4, -0.2) is 25.3 Å². The molecule has 0 aliphatic rings. The van der Waals surface area contributed by atoms with Gasteiger partial charge in [0.25, 0.3) is 5.91 Å². The fraction of sp³-hybridized carbons (Fsp3) is 0.333. The summed E-state index contributed by atoms with van der Waals surface area (Å²) in [6.45, 7) is 6.83. The Bertz CT molecular complexity index is 735. The average molecular weight is 354 g/mol. The van der Waals surface area contributed by atoms with Gasteiger partial charge < -0.3 is 9.47 Å². The molecule has 1 N–H and O–H groups in total. The minimum atomic E-state index is -0.258. The van der Waals surface area contributed by atoms with Gasteiger partial charge in [0.15, 0.2) is 0 Å². The summed E-state index contributed by atoms with van der Waals surface area (Å²) in [6.07, 6.45) is 1.00. The second-order valence-electron chi connectivity index (χ2n) is 6.42. The van der Waals surface area contributed by atoms with Crippen LogP contribution in [-0.2, 0) is 0 Å². The SMILES string of the molecule is COc1ccc(C(C)=NNC(=O)c2ccc(OCCC(C)C)cc2)cc1. The summed E-state index contributed by atoms with van der Waals surface area (Å²) in [7, 11) is 1.62. The molecule has 0 fully saturated rings. The maximum atomic E-state index is 12.2. The lowest BCUT2D eigenvalue weighted by molar-refractivity contribution is 0.0955. The van der Waals surface area contributed by atoms with Crippen LogP contribution in [0.25, 0.3) is 0 Å². The van der Waals surface area contributed by atoms with Crippen molar-refractivity contribution in [1.82, 2.24) is 5.43 Å². The number of carbonyl (C=O) groups excluding carboxylic acids is 1. The number of nitrogens with zero attached hydrogens (tertiary/aromatic N) is 1. The van der Waals surface area contributed by atoms with Crippen molar-refractivity contribution in [3.63, 3.8) is 0 Å². The molecule has 0 aromatic heterocycles. The monoisotopic (exact) mass is 354 g/mol. The van der Waals surface area contributed by atoms with E-state index in [2.05, 4.69) is 24.4 Å². The maximum absolute atomic E-state index is 12.2. The van der Waals surface area contributed by atoms with Gasteiger partial charge in [-0.3, -0.25) is 4.79 Å². The van der Waals surface area contributed by atoms with Crippen molar-refractivity contribution in [2.45, 2.75) is 27.2 Å². The highest BCUT2D eigenvalue weighted by Crippen LogP contribution is 2.14. The molecule has 0 spiro atoms. The van der Waals surface area contributed by atoms with E-state index in [1.807, 2.05) is 31.2 Å². The van der Waals surface area contributed by atoms with Crippen LogP contribution in [0.1, 0.15) is 43.1 Å². The summed E-state index contributed by atoms with van der Waals surface area (Å²) >= 11 is 0. The van der Waals surface area contributed by atoms with Gasteiger partial charge in [-0.1, -0.05) is 13.8 Å². The maximum Gasteiger partial charge on any atom is 0.271 e. The van der Waals surface area contributed by atoms with Gasteiger partial charge >= 0.3 is 0 Å². The van der Waals surface area contributed by atoms with Gasteiger partial charge in [0.2, 0.25) is 0 Å². The molecule has 5 nitrogen and oxygen atoms in total. The molecule has 0 saturated carbocycles. The Kier molecular flexibility index (Phi) is 7.21. The van der Waals surface area contributed by atoms with Gasteiger partial charge in [-0.05, 0) is 73.4 Å². The smallest absolute Gasteiger partial charge is 0.271 e. The molecule has 0 aliphatic heterocycles. The van der Waals surface area contributed by atoms with E-state index in [0.29, 0.717) is 18.1 Å². The molecular formula is C21H26N2O3. The minimum absolute atomic E-state index is 0.258. The van der Waals surface area contributed by atoms with Crippen molar-refractivity contribution in [3.8, 4) is 11.5 Å². The fourth-order valence-corrected chi connectivity index (χ4v) is 2.21. The Morgan fingerprint density at radius 2 is 1.58 bits per heavy atom. The predicted octanol–water partition coefficient (Wildman–Crippen LogP) is 4.27. The molecule has 0 bridgehead atoms. The van der Waals surface area contributed by atoms with Gasteiger partial charge in [0.1, 0.15) is 11.5 Å². The molecule has 2 aromatic carbocycles. The van der Waals surface area contributed by atoms with E-state index < -0.39 is 0 Å². The second-order valence-corrected chi connectivity index (χ2v) is 6.42. The zero-order valence-electron chi connectivity index (χ0n) is 15.8. The van der Waals surface area contributed by atoms with Crippen molar-refractivity contribution >= 4 is 11.6 Å². The van der Waals surface area contributed by atoms with E-state index in [9.17, 15) is 4.79 Å². The highest BCUT2D eigenvalue weighted by Gasteiger charge is 2.06. The third-order valence-corrected chi connectivity index (χ3v) is 3.91. The van der Waals surface area contributed by atoms with Gasteiger partial charge in [-0.15, -0.1) is 0 Å². The van der Waals surface area contributed by atoms with Crippen LogP contribution in [0, 0.1) is 5.92 Å². The molecular weight excluding hydrogens is 328 g/mol. The zero-order valence-corrected chi connectivity index (χ0v) is 15.8. The Balaban J connectivity index is 1.91. The summed E-state index contributed by atoms with van der Waals surface area (Å²) in [5.74, 6) is 1.89. The lowest BCUT2D eigenvalue weighted by Gasteiger charge is -2.08. The van der Waals surface area contributed by atoms with Gasteiger partial charge in [-0.2, -0.15) is 5.10 Å². The Labute approximate surface area is 155 Å². The first-order valence-electron chi connectivity index (χ1n) is 8.71. The molecule has 0 aliphatic carbocycles. The number of benzene rings is 2. The van der Waals surface area contributed by atoms with E-state index in [4.69, 9.17) is 9.47 Å². The lowest BCUT2D eigenvalue weighted by atomic mass is 10.1. The van der Waals surface area contributed by atoms with Crippen molar-refractivity contribution < 1.29 is 14.3 Å². The number of rotatable bonds is 8. The van der Waals surface area contributed by atoms with Crippen LogP contribution in [0.15, 0.2) is 53.6 Å². The fourth-order valence-electron chi connectivity index (χ4n) is 2.21. The van der Waals surface area contributed by atoms with Crippen LogP contribution in [0.2, 0.25) is 0 Å². The quantitative estimate of drug-likeness (QED) is 0.569. The number of hydrogen-bond donors (Lipinski definition) is 1. The van der Waals surface area contributed by atoms with Gasteiger partial charge in [-0.25, -0.2) is 5.43 Å². The van der Waals surface area contributed by atoms with Crippen LogP contribution in [0.3, 0.4) is 0 Å². The molecule has 5 heteroatoms. The summed E-state index contributed by atoms with van der Waals surface area (Å²) in [6, 6.07) is 14.6. The third-order valence-electron chi connectivity index (χ3n) is 3.91. The van der Waals surface area contributed by atoms with Crippen molar-refractivity contribution in [2.24, 2.45) is 11.0 Å². The topological polar surface area (TPSA) is 59.9 Å². The van der Waals surface area contributed by atoms with Crippen molar-refractivity contribution in [2.75, 3.05) is 13.7 Å². The Hall–Kier alpha value is -2.82. The van der Waals surface area contributed by atoms with Crippen molar-refractivity contribution in [1.29, 1.82) is 0 Å². The average Bonchev–Trinajstić information content (AvgIpc) is 2.66. The lowest BCUT2D eigenvalue weighted by Crippen LogP contribution is -2.19. The summed E-state index contributed by atoms with van der Waals surface area (Å²) in [5, 5.41) is 4.16. The molecule has 0 unspecified atom stereocenters. The number of hydrazone groups is 1. The number of hydrogen-bond acceptors (Lipinski definition) is 4. The van der Waals surface area contributed by atoms with E-state index in [1.165, 1.54) is 0 Å². The zero-order chi connectivity index (χ0) is 18.9. The molecule has 0 saturated heterocycles. The molecule has 138 valence electrons. The number of nitrogens with one attached hydrogen (secondary N) is 1. The number of carbonyl (C=O) groups is 1. The summed E-state index contributed by atoms with van der Waals surface area (Å²) in [5.41, 5.74) is 4.75. The summed E-state index contributed by atoms with van der Waals surface area (Å²) < 4.78 is 10.8. The van der Waals surface area contributed by atoms with Crippen LogP contribution in [0.4, 0.5) is 0 Å². The van der Waals surface area contributed by atoms with E-state index in [1.54, 1.807) is 31.4 Å². The first kappa shape index (κ1) is 19.5. The van der Waals surface area contributed by atoms with Crippen LogP contribution < -0.4 is 14.9 Å². The molecule has 2 rings (SSSR count). The van der Waals surface area contributed by atoms with Gasteiger partial charge in [0.05, 0.1) is 19.4 Å². The number of ether oxygens (including phenoxy) is 2. The molecule has 1 amide bonds. The third kappa shape index (κ3) is 5.92. The second kappa shape index (κ2) is 9.61. The van der Waals surface area contributed by atoms with E-state index in [-0.39, 0.29) is 5.91 Å². The largest absolute Gasteiger partial charge is 0.497 e. The first-order valence-corrected chi connectivity index (χ1v) is 8.71. The highest BCUT2D eigenvalue weighted by molar-refractivity contribution is 6.00. The van der Waals surface area contributed by atoms with Crippen LogP contribution in [0.5, 0.6) is 11.5 Å². The first-order chi connectivity index (χ1) is 12.5. The molecule has 2 aromatic rings. The number of amides is 1. The predicted molar refractivity (Wildman–Crippen MR) is 104 cm³/mol. The Morgan fingerprint density at radius 1 is 1.00 bits per heavy atom. The van der Waals surface area contributed by atoms with Crippen molar-refractivity contribution in [3.05, 3.63) is 59.7 Å². The van der Waals surface area contributed by atoms with E-state index >= 15 is 0 Å². The molecule has 0 radical (unpaired) electrons. The van der Waals surface area contributed by atoms with E-state index in [0.717, 1.165) is 29.2 Å². The highest BCUT2D eigenvalue weighted by atomic mass is 16.5. The molecule has 0 atom stereocenters.